The lowest BCUT2D eigenvalue weighted by atomic mass is 10.1. The number of hydrogen-bond donors (Lipinski definition) is 0. The summed E-state index contributed by atoms with van der Waals surface area (Å²) >= 11 is 3.48. The summed E-state index contributed by atoms with van der Waals surface area (Å²) in [5.74, 6) is 0. The van der Waals surface area contributed by atoms with Gasteiger partial charge in [0.1, 0.15) is 7.11 Å². The predicted octanol–water partition coefficient (Wildman–Crippen LogP) is 3.01. The summed E-state index contributed by atoms with van der Waals surface area (Å²) in [6.07, 6.45) is 0.815. The van der Waals surface area contributed by atoms with Crippen molar-refractivity contribution in [2.75, 3.05) is 7.11 Å². The first kappa shape index (κ1) is 10.3. The van der Waals surface area contributed by atoms with Crippen LogP contribution in [0, 0.1) is 0 Å². The molecule has 13 heavy (non-hydrogen) atoms. The highest BCUT2D eigenvalue weighted by atomic mass is 79.9. The molecule has 1 rings (SSSR count). The largest absolute Gasteiger partial charge is 0.399 e. The lowest BCUT2D eigenvalue weighted by Crippen LogP contribution is -1.98. The van der Waals surface area contributed by atoms with Crippen LogP contribution < -0.4 is 0 Å². The first-order chi connectivity index (χ1) is 6.24. The highest BCUT2D eigenvalue weighted by molar-refractivity contribution is 9.10. The number of nitrogens with zero attached hydrogens (tertiary/aromatic N) is 1. The van der Waals surface area contributed by atoms with E-state index in [4.69, 9.17) is 0 Å². The Morgan fingerprint density at radius 2 is 2.15 bits per heavy atom. The Kier molecular flexibility index (Phi) is 3.96. The molecule has 0 aliphatic heterocycles. The molecule has 2 nitrogen and oxygen atoms in total. The van der Waals surface area contributed by atoms with Crippen LogP contribution in [0.5, 0.6) is 0 Å². The van der Waals surface area contributed by atoms with Crippen molar-refractivity contribution >= 4 is 21.6 Å². The summed E-state index contributed by atoms with van der Waals surface area (Å²) in [6.45, 7) is 1.95. The Balaban J connectivity index is 2.74. The molecule has 0 atom stereocenters. The molecule has 0 unspecified atom stereocenters. The van der Waals surface area contributed by atoms with E-state index in [9.17, 15) is 0 Å². The van der Waals surface area contributed by atoms with E-state index in [1.807, 2.05) is 25.1 Å². The molecule has 1 aromatic carbocycles. The Bertz CT molecular complexity index is 310. The molecule has 3 heteroatoms. The standard InChI is InChI=1S/C10H12BrNO/c1-8(12-13-2)7-9-5-3-4-6-10(9)11/h3-6H,7H2,1-2H3/b12-8+. The smallest absolute Gasteiger partial charge is 0.106 e. The molecule has 0 aliphatic carbocycles. The maximum absolute atomic E-state index is 4.69. The molecule has 0 aliphatic rings. The Morgan fingerprint density at radius 3 is 2.77 bits per heavy atom. The molecule has 0 saturated heterocycles. The van der Waals surface area contributed by atoms with Crippen molar-refractivity contribution in [2.24, 2.45) is 5.16 Å². The highest BCUT2D eigenvalue weighted by Gasteiger charge is 2.00. The van der Waals surface area contributed by atoms with E-state index >= 15 is 0 Å². The molecular weight excluding hydrogens is 230 g/mol. The second-order valence-corrected chi connectivity index (χ2v) is 3.63. The van der Waals surface area contributed by atoms with Crippen LogP contribution in [0.3, 0.4) is 0 Å². The zero-order chi connectivity index (χ0) is 9.68. The van der Waals surface area contributed by atoms with Gasteiger partial charge in [-0.05, 0) is 18.6 Å². The molecule has 0 spiro atoms. The number of oxime groups is 1. The van der Waals surface area contributed by atoms with Gasteiger partial charge in [0, 0.05) is 10.9 Å². The molecule has 1 aromatic rings. The maximum Gasteiger partial charge on any atom is 0.106 e. The van der Waals surface area contributed by atoms with Gasteiger partial charge in [-0.2, -0.15) is 0 Å². The lowest BCUT2D eigenvalue weighted by molar-refractivity contribution is 0.212. The summed E-state index contributed by atoms with van der Waals surface area (Å²) in [4.78, 5) is 4.69. The molecule has 0 fully saturated rings. The summed E-state index contributed by atoms with van der Waals surface area (Å²) in [5.41, 5.74) is 2.19. The minimum Gasteiger partial charge on any atom is -0.399 e. The van der Waals surface area contributed by atoms with Gasteiger partial charge in [0.2, 0.25) is 0 Å². The number of halogens is 1. The third-order valence-corrected chi connectivity index (χ3v) is 2.42. The maximum atomic E-state index is 4.69. The molecule has 0 N–H and O–H groups in total. The summed E-state index contributed by atoms with van der Waals surface area (Å²) in [5, 5.41) is 3.86. The van der Waals surface area contributed by atoms with Gasteiger partial charge in [-0.25, -0.2) is 0 Å². The topological polar surface area (TPSA) is 21.6 Å². The lowest BCUT2D eigenvalue weighted by Gasteiger charge is -2.02. The van der Waals surface area contributed by atoms with Gasteiger partial charge < -0.3 is 4.84 Å². The third-order valence-electron chi connectivity index (χ3n) is 1.65. The van der Waals surface area contributed by atoms with E-state index in [2.05, 4.69) is 32.0 Å². The molecule has 0 saturated carbocycles. The van der Waals surface area contributed by atoms with Gasteiger partial charge in [-0.3, -0.25) is 0 Å². The van der Waals surface area contributed by atoms with Gasteiger partial charge in [0.15, 0.2) is 0 Å². The van der Waals surface area contributed by atoms with Crippen molar-refractivity contribution in [1.82, 2.24) is 0 Å². The molecule has 0 radical (unpaired) electrons. The summed E-state index contributed by atoms with van der Waals surface area (Å²) in [7, 11) is 1.56. The number of hydrogen-bond acceptors (Lipinski definition) is 2. The number of rotatable bonds is 3. The van der Waals surface area contributed by atoms with E-state index in [0.717, 1.165) is 16.6 Å². The zero-order valence-electron chi connectivity index (χ0n) is 7.75. The Labute approximate surface area is 86.7 Å². The summed E-state index contributed by atoms with van der Waals surface area (Å²) in [6, 6.07) is 8.10. The van der Waals surface area contributed by atoms with Gasteiger partial charge in [-0.1, -0.05) is 39.3 Å². The van der Waals surface area contributed by atoms with Crippen LogP contribution >= 0.6 is 15.9 Å². The van der Waals surface area contributed by atoms with Gasteiger partial charge in [0.05, 0.1) is 5.71 Å². The van der Waals surface area contributed by atoms with Crippen molar-refractivity contribution in [3.05, 3.63) is 34.3 Å². The first-order valence-electron chi connectivity index (χ1n) is 4.04. The summed E-state index contributed by atoms with van der Waals surface area (Å²) < 4.78 is 1.11. The highest BCUT2D eigenvalue weighted by Crippen LogP contribution is 2.16. The first-order valence-corrected chi connectivity index (χ1v) is 4.83. The fourth-order valence-electron chi connectivity index (χ4n) is 1.11. The molecule has 0 bridgehead atoms. The van der Waals surface area contributed by atoms with E-state index in [-0.39, 0.29) is 0 Å². The van der Waals surface area contributed by atoms with Gasteiger partial charge in [0.25, 0.3) is 0 Å². The second-order valence-electron chi connectivity index (χ2n) is 2.78. The van der Waals surface area contributed by atoms with Crippen LogP contribution in [0.25, 0.3) is 0 Å². The minimum atomic E-state index is 0.815. The third kappa shape index (κ3) is 3.19. The van der Waals surface area contributed by atoms with Crippen molar-refractivity contribution in [2.45, 2.75) is 13.3 Å². The van der Waals surface area contributed by atoms with Crippen LogP contribution in [0.1, 0.15) is 12.5 Å². The molecule has 0 aromatic heterocycles. The Morgan fingerprint density at radius 1 is 1.46 bits per heavy atom. The van der Waals surface area contributed by atoms with Crippen molar-refractivity contribution in [3.8, 4) is 0 Å². The SMILES string of the molecule is CO/N=C(\C)Cc1ccccc1Br. The van der Waals surface area contributed by atoms with Crippen LogP contribution in [-0.2, 0) is 11.3 Å². The van der Waals surface area contributed by atoms with Gasteiger partial charge >= 0.3 is 0 Å². The van der Waals surface area contributed by atoms with Crippen LogP contribution in [-0.4, -0.2) is 12.8 Å². The van der Waals surface area contributed by atoms with E-state index in [1.165, 1.54) is 5.56 Å². The monoisotopic (exact) mass is 241 g/mol. The van der Waals surface area contributed by atoms with E-state index in [0.29, 0.717) is 0 Å². The van der Waals surface area contributed by atoms with Crippen molar-refractivity contribution in [3.63, 3.8) is 0 Å². The Hall–Kier alpha value is -0.830. The molecular formula is C10H12BrNO. The second kappa shape index (κ2) is 5.02. The minimum absolute atomic E-state index is 0.815. The predicted molar refractivity (Wildman–Crippen MR) is 58.0 cm³/mol. The van der Waals surface area contributed by atoms with Crippen molar-refractivity contribution in [1.29, 1.82) is 0 Å². The average Bonchev–Trinajstić information content (AvgIpc) is 2.09. The zero-order valence-corrected chi connectivity index (χ0v) is 9.34. The molecule has 70 valence electrons. The fraction of sp³-hybridized carbons (Fsp3) is 0.300. The van der Waals surface area contributed by atoms with E-state index in [1.54, 1.807) is 7.11 Å². The quantitative estimate of drug-likeness (QED) is 0.589. The van der Waals surface area contributed by atoms with Crippen LogP contribution in [0.2, 0.25) is 0 Å². The van der Waals surface area contributed by atoms with E-state index < -0.39 is 0 Å². The molecule has 0 amide bonds. The van der Waals surface area contributed by atoms with Crippen molar-refractivity contribution < 1.29 is 4.84 Å². The van der Waals surface area contributed by atoms with Crippen LogP contribution in [0.4, 0.5) is 0 Å². The molecule has 0 heterocycles. The number of benzene rings is 1. The fourth-order valence-corrected chi connectivity index (χ4v) is 1.53. The normalized spacial score (nSPS) is 11.5. The van der Waals surface area contributed by atoms with Gasteiger partial charge in [-0.15, -0.1) is 0 Å². The van der Waals surface area contributed by atoms with Crippen LogP contribution in [0.15, 0.2) is 33.9 Å². The average molecular weight is 242 g/mol.